The first-order valence-electron chi connectivity index (χ1n) is 10.7. The topological polar surface area (TPSA) is 128 Å². The lowest BCUT2D eigenvalue weighted by Gasteiger charge is -2.32. The molecule has 34 heavy (non-hydrogen) atoms. The van der Waals surface area contributed by atoms with E-state index in [1.807, 2.05) is 40.0 Å². The Labute approximate surface area is 196 Å². The quantitative estimate of drug-likeness (QED) is 0.536. The van der Waals surface area contributed by atoms with Crippen molar-refractivity contribution in [3.05, 3.63) is 58.9 Å². The number of fused-ring (bicyclic) bond motifs is 1. The van der Waals surface area contributed by atoms with Gasteiger partial charge in [0, 0.05) is 31.2 Å². The maximum absolute atomic E-state index is 15.9. The molecule has 0 spiro atoms. The fourth-order valence-corrected chi connectivity index (χ4v) is 5.36. The Balaban J connectivity index is 1.68. The van der Waals surface area contributed by atoms with Crippen LogP contribution in [0.2, 0.25) is 0 Å². The lowest BCUT2D eigenvalue weighted by atomic mass is 9.97. The Bertz CT molecular complexity index is 1210. The summed E-state index contributed by atoms with van der Waals surface area (Å²) < 4.78 is 49.4. The van der Waals surface area contributed by atoms with Gasteiger partial charge in [-0.1, -0.05) is 30.3 Å². The lowest BCUT2D eigenvalue weighted by Crippen LogP contribution is -2.43. The van der Waals surface area contributed by atoms with Gasteiger partial charge >= 0.3 is 16.3 Å². The van der Waals surface area contributed by atoms with Gasteiger partial charge in [0.25, 0.3) is 5.91 Å². The van der Waals surface area contributed by atoms with Crippen LogP contribution in [0.1, 0.15) is 23.6 Å². The average molecular weight is 493 g/mol. The minimum absolute atomic E-state index is 0.0366. The number of amides is 2. The normalized spacial score (nSPS) is 18.2. The van der Waals surface area contributed by atoms with Gasteiger partial charge in [0.2, 0.25) is 0 Å². The number of nitrogens with one attached hydrogen (secondary N) is 2. The van der Waals surface area contributed by atoms with Gasteiger partial charge in [-0.25, -0.2) is 18.2 Å². The molecular formula is C22H25FN4O6S. The highest BCUT2D eigenvalue weighted by atomic mass is 32.2. The number of hydrogen-bond donors (Lipinski definition) is 3. The third-order valence-corrected chi connectivity index (χ3v) is 7.06. The summed E-state index contributed by atoms with van der Waals surface area (Å²) in [4.78, 5) is 24.6. The van der Waals surface area contributed by atoms with E-state index in [0.29, 0.717) is 34.9 Å². The SMILES string of the molecule is C[C@@H](CN1CCc2cc(OCc3ccccc3)c(N3CC(=O)NS3(=O)=O)c(F)c2C1)NC(=O)O. The number of halogens is 1. The van der Waals surface area contributed by atoms with Crippen molar-refractivity contribution in [3.63, 3.8) is 0 Å². The molecule has 1 fully saturated rings. The molecular weight excluding hydrogens is 467 g/mol. The van der Waals surface area contributed by atoms with Crippen LogP contribution in [0.25, 0.3) is 0 Å². The molecule has 0 radical (unpaired) electrons. The van der Waals surface area contributed by atoms with E-state index in [-0.39, 0.29) is 30.6 Å². The summed E-state index contributed by atoms with van der Waals surface area (Å²) in [7, 11) is -4.26. The molecule has 2 heterocycles. The minimum Gasteiger partial charge on any atom is -0.487 e. The van der Waals surface area contributed by atoms with Gasteiger partial charge in [-0.15, -0.1) is 0 Å². The molecule has 12 heteroatoms. The van der Waals surface area contributed by atoms with E-state index < -0.39 is 34.6 Å². The summed E-state index contributed by atoms with van der Waals surface area (Å²) in [6.07, 6.45) is -0.673. The zero-order valence-electron chi connectivity index (χ0n) is 18.5. The first-order chi connectivity index (χ1) is 16.1. The van der Waals surface area contributed by atoms with Gasteiger partial charge < -0.3 is 15.2 Å². The van der Waals surface area contributed by atoms with E-state index in [9.17, 15) is 18.0 Å². The summed E-state index contributed by atoms with van der Waals surface area (Å²) >= 11 is 0. The monoisotopic (exact) mass is 492 g/mol. The van der Waals surface area contributed by atoms with Crippen molar-refractivity contribution in [3.8, 4) is 5.75 Å². The number of carboxylic acid groups (broad SMARTS) is 1. The molecule has 2 amide bonds. The molecule has 2 aromatic rings. The predicted octanol–water partition coefficient (Wildman–Crippen LogP) is 1.60. The molecule has 3 N–H and O–H groups in total. The Morgan fingerprint density at radius 3 is 2.68 bits per heavy atom. The Morgan fingerprint density at radius 1 is 1.29 bits per heavy atom. The van der Waals surface area contributed by atoms with Crippen LogP contribution in [0.5, 0.6) is 5.75 Å². The lowest BCUT2D eigenvalue weighted by molar-refractivity contribution is -0.117. The van der Waals surface area contributed by atoms with Gasteiger partial charge in [-0.05, 0) is 30.5 Å². The molecule has 182 valence electrons. The van der Waals surface area contributed by atoms with Crippen LogP contribution in [-0.2, 0) is 34.6 Å². The van der Waals surface area contributed by atoms with E-state index in [1.54, 1.807) is 13.0 Å². The second kappa shape index (κ2) is 9.47. The summed E-state index contributed by atoms with van der Waals surface area (Å²) in [6.45, 7) is 2.33. The van der Waals surface area contributed by atoms with Crippen molar-refractivity contribution in [2.75, 3.05) is 23.9 Å². The van der Waals surface area contributed by atoms with Gasteiger partial charge in [-0.2, -0.15) is 8.42 Å². The van der Waals surface area contributed by atoms with Crippen LogP contribution >= 0.6 is 0 Å². The summed E-state index contributed by atoms with van der Waals surface area (Å²) in [5.41, 5.74) is 1.48. The number of rotatable bonds is 7. The first kappa shape index (κ1) is 23.8. The molecule has 0 saturated carbocycles. The molecule has 2 aliphatic rings. The number of hydrogen-bond acceptors (Lipinski definition) is 6. The standard InChI is InChI=1S/C22H25FN4O6S/c1-14(24-22(29)30)10-26-8-7-16-9-18(33-13-15-5-3-2-4-6-15)21(20(23)17(16)11-26)27-12-19(28)25-34(27,31)32/h2-6,9,14,24H,7-8,10-13H2,1H3,(H,25,28)(H,29,30)/t14-/m0/s1. The maximum atomic E-state index is 15.9. The molecule has 0 unspecified atom stereocenters. The predicted molar refractivity (Wildman–Crippen MR) is 121 cm³/mol. The number of nitrogens with zero attached hydrogens (tertiary/aromatic N) is 2. The zero-order chi connectivity index (χ0) is 24.5. The van der Waals surface area contributed by atoms with E-state index in [1.165, 1.54) is 0 Å². The van der Waals surface area contributed by atoms with Gasteiger partial charge in [0.15, 0.2) is 5.82 Å². The van der Waals surface area contributed by atoms with E-state index in [2.05, 4.69) is 5.32 Å². The third-order valence-electron chi connectivity index (χ3n) is 5.69. The van der Waals surface area contributed by atoms with Crippen molar-refractivity contribution in [1.29, 1.82) is 0 Å². The number of benzene rings is 2. The largest absolute Gasteiger partial charge is 0.487 e. The van der Waals surface area contributed by atoms with Crippen LogP contribution in [0.3, 0.4) is 0 Å². The molecule has 2 aliphatic heterocycles. The minimum atomic E-state index is -4.26. The Morgan fingerprint density at radius 2 is 2.03 bits per heavy atom. The highest BCUT2D eigenvalue weighted by Crippen LogP contribution is 2.40. The molecule has 0 aliphatic carbocycles. The molecule has 0 aromatic heterocycles. The van der Waals surface area contributed by atoms with Crippen molar-refractivity contribution < 1.29 is 32.2 Å². The molecule has 2 aromatic carbocycles. The van der Waals surface area contributed by atoms with Crippen LogP contribution in [-0.4, -0.2) is 56.1 Å². The average Bonchev–Trinajstić information content (AvgIpc) is 3.04. The summed E-state index contributed by atoms with van der Waals surface area (Å²) in [6, 6.07) is 10.4. The fraction of sp³-hybridized carbons (Fsp3) is 0.364. The number of carbonyl (C=O) groups excluding carboxylic acids is 1. The number of ether oxygens (including phenoxy) is 1. The smallest absolute Gasteiger partial charge is 0.404 e. The molecule has 4 rings (SSSR count). The van der Waals surface area contributed by atoms with Crippen LogP contribution in [0, 0.1) is 5.82 Å². The zero-order valence-corrected chi connectivity index (χ0v) is 19.3. The summed E-state index contributed by atoms with van der Waals surface area (Å²) in [5.74, 6) is -1.50. The van der Waals surface area contributed by atoms with Crippen LogP contribution in [0.15, 0.2) is 36.4 Å². The van der Waals surface area contributed by atoms with Gasteiger partial charge in [0.05, 0.1) is 0 Å². The van der Waals surface area contributed by atoms with Gasteiger partial charge in [-0.3, -0.25) is 9.69 Å². The second-order valence-corrected chi connectivity index (χ2v) is 9.92. The van der Waals surface area contributed by atoms with Crippen molar-refractivity contribution in [2.24, 2.45) is 0 Å². The van der Waals surface area contributed by atoms with E-state index >= 15 is 4.39 Å². The third kappa shape index (κ3) is 5.07. The first-order valence-corrected chi connectivity index (χ1v) is 12.1. The molecule has 1 saturated heterocycles. The molecule has 0 bridgehead atoms. The fourth-order valence-electron chi connectivity index (χ4n) is 4.20. The van der Waals surface area contributed by atoms with Crippen molar-refractivity contribution >= 4 is 27.9 Å². The highest BCUT2D eigenvalue weighted by Gasteiger charge is 2.39. The Hall–Kier alpha value is -3.38. The Kier molecular flexibility index (Phi) is 6.62. The molecule has 10 nitrogen and oxygen atoms in total. The second-order valence-electron chi connectivity index (χ2n) is 8.32. The number of carbonyl (C=O) groups is 2. The van der Waals surface area contributed by atoms with Crippen molar-refractivity contribution in [2.45, 2.75) is 32.5 Å². The van der Waals surface area contributed by atoms with Crippen molar-refractivity contribution in [1.82, 2.24) is 14.9 Å². The summed E-state index contributed by atoms with van der Waals surface area (Å²) in [5, 5.41) is 11.3. The van der Waals surface area contributed by atoms with E-state index in [4.69, 9.17) is 9.84 Å². The van der Waals surface area contributed by atoms with Crippen LogP contribution < -0.4 is 19.1 Å². The van der Waals surface area contributed by atoms with Gasteiger partial charge in [0.1, 0.15) is 24.6 Å². The van der Waals surface area contributed by atoms with E-state index in [0.717, 1.165) is 5.56 Å². The maximum Gasteiger partial charge on any atom is 0.404 e. The number of anilines is 1. The molecule has 1 atom stereocenters. The van der Waals surface area contributed by atoms with Crippen LogP contribution in [0.4, 0.5) is 14.9 Å². The highest BCUT2D eigenvalue weighted by molar-refractivity contribution is 7.92.